The van der Waals surface area contributed by atoms with Crippen molar-refractivity contribution >= 4 is 5.97 Å². The summed E-state index contributed by atoms with van der Waals surface area (Å²) in [5, 5.41) is 25.0. The molecule has 0 aliphatic heterocycles. The summed E-state index contributed by atoms with van der Waals surface area (Å²) >= 11 is 0. The first-order valence-corrected chi connectivity index (χ1v) is 6.24. The lowest BCUT2D eigenvalue weighted by atomic mass is 9.90. The zero-order valence-electron chi connectivity index (χ0n) is 12.2. The van der Waals surface area contributed by atoms with E-state index in [2.05, 4.69) is 20.5 Å². The number of carbonyl (C=O) groups is 1. The lowest BCUT2D eigenvalue weighted by molar-refractivity contribution is 0.0687. The van der Waals surface area contributed by atoms with Crippen molar-refractivity contribution in [3.05, 3.63) is 23.0 Å². The maximum Gasteiger partial charge on any atom is 0.358 e. The van der Waals surface area contributed by atoms with E-state index in [1.165, 1.54) is 0 Å². The van der Waals surface area contributed by atoms with Crippen molar-refractivity contribution in [2.24, 2.45) is 7.05 Å². The first kappa shape index (κ1) is 14.2. The Hall–Kier alpha value is -2.25. The van der Waals surface area contributed by atoms with Crippen molar-refractivity contribution < 1.29 is 9.90 Å². The number of aromatic nitrogens is 6. The largest absolute Gasteiger partial charge is 0.476 e. The molecule has 0 unspecified atom stereocenters. The number of aromatic carboxylic acids is 1. The second-order valence-corrected chi connectivity index (χ2v) is 5.72. The lowest BCUT2D eigenvalue weighted by Crippen LogP contribution is -2.23. The fraction of sp³-hybridized carbons (Fsp3) is 0.583. The summed E-state index contributed by atoms with van der Waals surface area (Å²) < 4.78 is 3.42. The third kappa shape index (κ3) is 2.40. The maximum absolute atomic E-state index is 11.3. The number of nitrogens with zero attached hydrogens (tertiary/aromatic N) is 6. The number of rotatable bonds is 3. The molecule has 0 aliphatic carbocycles. The van der Waals surface area contributed by atoms with Gasteiger partial charge in [0.2, 0.25) is 0 Å². The van der Waals surface area contributed by atoms with E-state index in [4.69, 9.17) is 0 Å². The van der Waals surface area contributed by atoms with E-state index in [1.807, 2.05) is 39.3 Å². The Morgan fingerprint density at radius 2 is 1.90 bits per heavy atom. The average molecular weight is 278 g/mol. The molecule has 0 saturated heterocycles. The van der Waals surface area contributed by atoms with E-state index in [0.717, 1.165) is 5.82 Å². The molecule has 2 aromatic rings. The molecular weight excluding hydrogens is 260 g/mol. The van der Waals surface area contributed by atoms with Gasteiger partial charge in [-0.2, -0.15) is 0 Å². The number of hydrogen-bond donors (Lipinski definition) is 1. The first-order valence-electron chi connectivity index (χ1n) is 6.24. The predicted octanol–water partition coefficient (Wildman–Crippen LogP) is 0.759. The van der Waals surface area contributed by atoms with Crippen LogP contribution >= 0.6 is 0 Å². The van der Waals surface area contributed by atoms with Crippen molar-refractivity contribution in [1.82, 2.24) is 29.8 Å². The molecule has 0 amide bonds. The summed E-state index contributed by atoms with van der Waals surface area (Å²) in [6.45, 7) is 7.97. The van der Waals surface area contributed by atoms with Crippen LogP contribution in [0, 0.1) is 6.92 Å². The molecule has 0 radical (unpaired) electrons. The second-order valence-electron chi connectivity index (χ2n) is 5.72. The van der Waals surface area contributed by atoms with E-state index in [9.17, 15) is 9.90 Å². The third-order valence-corrected chi connectivity index (χ3v) is 3.12. The van der Waals surface area contributed by atoms with Crippen molar-refractivity contribution in [2.45, 2.75) is 39.7 Å². The molecule has 8 heteroatoms. The van der Waals surface area contributed by atoms with Gasteiger partial charge in [0.15, 0.2) is 11.5 Å². The maximum atomic E-state index is 11.3. The second kappa shape index (κ2) is 4.69. The highest BCUT2D eigenvalue weighted by atomic mass is 16.4. The predicted molar refractivity (Wildman–Crippen MR) is 70.5 cm³/mol. The van der Waals surface area contributed by atoms with Gasteiger partial charge in [-0.05, 0) is 6.92 Å². The fourth-order valence-corrected chi connectivity index (χ4v) is 2.03. The number of carboxylic acids is 1. The van der Waals surface area contributed by atoms with Gasteiger partial charge >= 0.3 is 5.97 Å². The van der Waals surface area contributed by atoms with Crippen LogP contribution in [-0.2, 0) is 19.0 Å². The van der Waals surface area contributed by atoms with Gasteiger partial charge in [-0.15, -0.1) is 15.3 Å². The zero-order valence-corrected chi connectivity index (χ0v) is 12.2. The summed E-state index contributed by atoms with van der Waals surface area (Å²) in [7, 11) is 1.86. The Bertz CT molecular complexity index is 649. The average Bonchev–Trinajstić information content (AvgIpc) is 2.87. The van der Waals surface area contributed by atoms with Gasteiger partial charge < -0.3 is 9.67 Å². The molecule has 0 fully saturated rings. The molecule has 2 rings (SSSR count). The van der Waals surface area contributed by atoms with Gasteiger partial charge in [0.1, 0.15) is 12.4 Å². The molecule has 0 aliphatic rings. The van der Waals surface area contributed by atoms with Gasteiger partial charge in [-0.1, -0.05) is 26.0 Å². The molecule has 0 aromatic carbocycles. The van der Waals surface area contributed by atoms with Crippen LogP contribution in [0.3, 0.4) is 0 Å². The molecule has 0 bridgehead atoms. The molecule has 0 spiro atoms. The minimum absolute atomic E-state index is 0.0172. The zero-order chi connectivity index (χ0) is 15.1. The Labute approximate surface area is 116 Å². The van der Waals surface area contributed by atoms with Crippen LogP contribution in [0.2, 0.25) is 0 Å². The molecule has 1 N–H and O–H groups in total. The number of hydrogen-bond acceptors (Lipinski definition) is 5. The van der Waals surface area contributed by atoms with Gasteiger partial charge in [0.25, 0.3) is 0 Å². The number of carboxylic acid groups (broad SMARTS) is 1. The molecule has 0 atom stereocenters. The highest BCUT2D eigenvalue weighted by molar-refractivity contribution is 5.86. The first-order chi connectivity index (χ1) is 9.21. The Morgan fingerprint density at radius 3 is 2.35 bits per heavy atom. The van der Waals surface area contributed by atoms with Gasteiger partial charge in [0.05, 0.1) is 5.69 Å². The number of aryl methyl sites for hydroxylation is 1. The van der Waals surface area contributed by atoms with Crippen molar-refractivity contribution in [3.63, 3.8) is 0 Å². The molecular formula is C12H18N6O2. The van der Waals surface area contributed by atoms with Crippen molar-refractivity contribution in [2.75, 3.05) is 0 Å². The lowest BCUT2D eigenvalue weighted by Gasteiger charge is -2.20. The third-order valence-electron chi connectivity index (χ3n) is 3.12. The van der Waals surface area contributed by atoms with E-state index < -0.39 is 5.97 Å². The minimum Gasteiger partial charge on any atom is -0.476 e. The monoisotopic (exact) mass is 278 g/mol. The van der Waals surface area contributed by atoms with E-state index in [-0.39, 0.29) is 11.1 Å². The molecule has 0 saturated carbocycles. The van der Waals surface area contributed by atoms with Crippen molar-refractivity contribution in [1.29, 1.82) is 0 Å². The standard InChI is InChI=1S/C12H18N6O2/c1-7-13-14-8(17(7)5)6-18-10(12(2,3)4)9(11(19)20)15-16-18/h6H2,1-5H3,(H,19,20). The highest BCUT2D eigenvalue weighted by Crippen LogP contribution is 2.25. The molecule has 20 heavy (non-hydrogen) atoms. The fourth-order valence-electron chi connectivity index (χ4n) is 2.03. The summed E-state index contributed by atoms with van der Waals surface area (Å²) in [6.07, 6.45) is 0. The molecule has 108 valence electrons. The SMILES string of the molecule is Cc1nnc(Cn2nnc(C(=O)O)c2C(C)(C)C)n1C. The Kier molecular flexibility index (Phi) is 3.33. The van der Waals surface area contributed by atoms with Gasteiger partial charge in [0, 0.05) is 12.5 Å². The topological polar surface area (TPSA) is 98.7 Å². The van der Waals surface area contributed by atoms with Crippen LogP contribution in [0.25, 0.3) is 0 Å². The van der Waals surface area contributed by atoms with Gasteiger partial charge in [-0.3, -0.25) is 0 Å². The van der Waals surface area contributed by atoms with Crippen LogP contribution < -0.4 is 0 Å². The summed E-state index contributed by atoms with van der Waals surface area (Å²) in [5.41, 5.74) is 0.173. The van der Waals surface area contributed by atoms with Crippen LogP contribution in [0.4, 0.5) is 0 Å². The van der Waals surface area contributed by atoms with Crippen LogP contribution in [0.5, 0.6) is 0 Å². The van der Waals surface area contributed by atoms with E-state index >= 15 is 0 Å². The smallest absolute Gasteiger partial charge is 0.358 e. The molecule has 2 aromatic heterocycles. The molecule has 2 heterocycles. The summed E-state index contributed by atoms with van der Waals surface area (Å²) in [4.78, 5) is 11.3. The molecule has 8 nitrogen and oxygen atoms in total. The normalized spacial score (nSPS) is 11.8. The summed E-state index contributed by atoms with van der Waals surface area (Å²) in [6, 6.07) is 0. The van der Waals surface area contributed by atoms with Crippen LogP contribution in [0.15, 0.2) is 0 Å². The minimum atomic E-state index is -1.07. The van der Waals surface area contributed by atoms with Crippen LogP contribution in [-0.4, -0.2) is 40.8 Å². The Balaban J connectivity index is 2.48. The van der Waals surface area contributed by atoms with Gasteiger partial charge in [-0.25, -0.2) is 9.48 Å². The van der Waals surface area contributed by atoms with Crippen molar-refractivity contribution in [3.8, 4) is 0 Å². The van der Waals surface area contributed by atoms with E-state index in [0.29, 0.717) is 18.1 Å². The summed E-state index contributed by atoms with van der Waals surface area (Å²) in [5.74, 6) is 0.418. The van der Waals surface area contributed by atoms with E-state index in [1.54, 1.807) is 4.68 Å². The Morgan fingerprint density at radius 1 is 1.25 bits per heavy atom. The quantitative estimate of drug-likeness (QED) is 0.889. The highest BCUT2D eigenvalue weighted by Gasteiger charge is 2.29. The van der Waals surface area contributed by atoms with Crippen LogP contribution in [0.1, 0.15) is 48.6 Å².